The fourth-order valence-electron chi connectivity index (χ4n) is 0.680. The zero-order chi connectivity index (χ0) is 5.11. The lowest BCUT2D eigenvalue weighted by molar-refractivity contribution is 0.742. The van der Waals surface area contributed by atoms with Crippen LogP contribution < -0.4 is 0 Å². The summed E-state index contributed by atoms with van der Waals surface area (Å²) in [6, 6.07) is 0. The van der Waals surface area contributed by atoms with Gasteiger partial charge in [0.15, 0.2) is 0 Å². The molecule has 0 saturated heterocycles. The molecule has 1 heteroatoms. The van der Waals surface area contributed by atoms with Gasteiger partial charge in [0.2, 0.25) is 0 Å². The van der Waals surface area contributed by atoms with E-state index in [0.717, 1.165) is 12.5 Å². The Morgan fingerprint density at radius 1 is 1.57 bits per heavy atom. The van der Waals surface area contributed by atoms with Crippen molar-refractivity contribution in [3.05, 3.63) is 0 Å². The molecule has 7 heavy (non-hydrogen) atoms. The largest absolute Gasteiger partial charge is 0.301 e. The number of aliphatic imine (C=N–C) groups is 1. The number of nitrogens with zero attached hydrogens (tertiary/aromatic N) is 1. The van der Waals surface area contributed by atoms with Crippen LogP contribution in [0.15, 0.2) is 4.99 Å². The van der Waals surface area contributed by atoms with Crippen LogP contribution in [-0.4, -0.2) is 13.3 Å². The SMILES string of the molecule is C=NCCC1CC1. The molecule has 0 aromatic carbocycles. The van der Waals surface area contributed by atoms with E-state index in [1.165, 1.54) is 19.3 Å². The van der Waals surface area contributed by atoms with Crippen molar-refractivity contribution in [1.82, 2.24) is 0 Å². The molecule has 0 unspecified atom stereocenters. The quantitative estimate of drug-likeness (QED) is 0.473. The summed E-state index contributed by atoms with van der Waals surface area (Å²) in [4.78, 5) is 3.77. The van der Waals surface area contributed by atoms with E-state index in [9.17, 15) is 0 Å². The highest BCUT2D eigenvalue weighted by Crippen LogP contribution is 2.31. The number of rotatable bonds is 3. The Hall–Kier alpha value is -0.330. The van der Waals surface area contributed by atoms with Crippen molar-refractivity contribution >= 4 is 6.72 Å². The summed E-state index contributed by atoms with van der Waals surface area (Å²) in [6.07, 6.45) is 4.16. The molecule has 0 heterocycles. The lowest BCUT2D eigenvalue weighted by Gasteiger charge is -1.85. The summed E-state index contributed by atoms with van der Waals surface area (Å²) in [5.41, 5.74) is 0. The van der Waals surface area contributed by atoms with Crippen LogP contribution >= 0.6 is 0 Å². The van der Waals surface area contributed by atoms with Crippen LogP contribution in [0, 0.1) is 5.92 Å². The molecule has 0 amide bonds. The van der Waals surface area contributed by atoms with Gasteiger partial charge in [-0.15, -0.1) is 0 Å². The third kappa shape index (κ3) is 1.72. The zero-order valence-electron chi connectivity index (χ0n) is 4.56. The van der Waals surface area contributed by atoms with E-state index in [1.54, 1.807) is 0 Å². The Morgan fingerprint density at radius 3 is 2.71 bits per heavy atom. The second-order valence-corrected chi connectivity index (χ2v) is 2.18. The van der Waals surface area contributed by atoms with Crippen molar-refractivity contribution in [3.8, 4) is 0 Å². The monoisotopic (exact) mass is 97.1 g/mol. The minimum atomic E-state index is 0.977. The molecule has 0 aliphatic heterocycles. The Bertz CT molecular complexity index is 64.6. The molecule has 0 N–H and O–H groups in total. The van der Waals surface area contributed by atoms with Crippen molar-refractivity contribution in [2.75, 3.05) is 6.54 Å². The molecular formula is C6H11N. The lowest BCUT2D eigenvalue weighted by atomic mass is 10.3. The van der Waals surface area contributed by atoms with Crippen molar-refractivity contribution in [1.29, 1.82) is 0 Å². The highest BCUT2D eigenvalue weighted by molar-refractivity contribution is 5.23. The molecule has 1 rings (SSSR count). The van der Waals surface area contributed by atoms with Gasteiger partial charge in [0.25, 0.3) is 0 Å². The van der Waals surface area contributed by atoms with E-state index >= 15 is 0 Å². The van der Waals surface area contributed by atoms with E-state index in [2.05, 4.69) is 11.7 Å². The summed E-state index contributed by atoms with van der Waals surface area (Å²) in [5.74, 6) is 1.02. The first kappa shape index (κ1) is 4.82. The van der Waals surface area contributed by atoms with Crippen LogP contribution in [-0.2, 0) is 0 Å². The van der Waals surface area contributed by atoms with Gasteiger partial charge in [0.05, 0.1) is 0 Å². The first-order valence-corrected chi connectivity index (χ1v) is 2.86. The predicted octanol–water partition coefficient (Wildman–Crippen LogP) is 1.49. The summed E-state index contributed by atoms with van der Waals surface area (Å²) in [6.45, 7) is 4.39. The molecule has 0 spiro atoms. The van der Waals surface area contributed by atoms with E-state index in [-0.39, 0.29) is 0 Å². The van der Waals surface area contributed by atoms with E-state index in [1.807, 2.05) is 0 Å². The fraction of sp³-hybridized carbons (Fsp3) is 0.833. The van der Waals surface area contributed by atoms with E-state index in [4.69, 9.17) is 0 Å². The van der Waals surface area contributed by atoms with Gasteiger partial charge in [-0.2, -0.15) is 0 Å². The second-order valence-electron chi connectivity index (χ2n) is 2.18. The molecule has 1 nitrogen and oxygen atoms in total. The Morgan fingerprint density at radius 2 is 2.29 bits per heavy atom. The van der Waals surface area contributed by atoms with Crippen LogP contribution in [0.1, 0.15) is 19.3 Å². The summed E-state index contributed by atoms with van der Waals surface area (Å²) in [7, 11) is 0. The van der Waals surface area contributed by atoms with Crippen LogP contribution in [0.4, 0.5) is 0 Å². The van der Waals surface area contributed by atoms with Crippen molar-refractivity contribution in [2.24, 2.45) is 10.9 Å². The Labute approximate surface area is 44.5 Å². The summed E-state index contributed by atoms with van der Waals surface area (Å²) in [5, 5.41) is 0. The summed E-state index contributed by atoms with van der Waals surface area (Å²) >= 11 is 0. The second kappa shape index (κ2) is 2.10. The van der Waals surface area contributed by atoms with Crippen molar-refractivity contribution in [2.45, 2.75) is 19.3 Å². The smallest absolute Gasteiger partial charge is 0.0384 e. The van der Waals surface area contributed by atoms with E-state index < -0.39 is 0 Å². The minimum Gasteiger partial charge on any atom is -0.301 e. The molecule has 1 aliphatic carbocycles. The van der Waals surface area contributed by atoms with Crippen LogP contribution in [0.3, 0.4) is 0 Å². The molecule has 0 radical (unpaired) electrons. The van der Waals surface area contributed by atoms with Gasteiger partial charge in [0.1, 0.15) is 0 Å². The number of hydrogen-bond donors (Lipinski definition) is 0. The molecule has 0 bridgehead atoms. The van der Waals surface area contributed by atoms with Crippen LogP contribution in [0.25, 0.3) is 0 Å². The maximum absolute atomic E-state index is 3.77. The molecular weight excluding hydrogens is 86.1 g/mol. The van der Waals surface area contributed by atoms with Gasteiger partial charge in [-0.25, -0.2) is 0 Å². The maximum Gasteiger partial charge on any atom is 0.0384 e. The first-order chi connectivity index (χ1) is 3.43. The molecule has 0 atom stereocenters. The zero-order valence-corrected chi connectivity index (χ0v) is 4.56. The molecule has 0 aromatic rings. The highest BCUT2D eigenvalue weighted by atomic mass is 14.7. The highest BCUT2D eigenvalue weighted by Gasteiger charge is 2.19. The third-order valence-electron chi connectivity index (χ3n) is 1.39. The van der Waals surface area contributed by atoms with Gasteiger partial charge in [-0.1, -0.05) is 12.8 Å². The van der Waals surface area contributed by atoms with E-state index in [0.29, 0.717) is 0 Å². The van der Waals surface area contributed by atoms with Gasteiger partial charge in [-0.3, -0.25) is 0 Å². The van der Waals surface area contributed by atoms with Crippen molar-refractivity contribution in [3.63, 3.8) is 0 Å². The molecule has 1 aliphatic rings. The predicted molar refractivity (Wildman–Crippen MR) is 31.8 cm³/mol. The van der Waals surface area contributed by atoms with Crippen LogP contribution in [0.5, 0.6) is 0 Å². The standard InChI is InChI=1S/C6H11N/c1-7-5-4-6-2-3-6/h6H,1-5H2. The number of hydrogen-bond acceptors (Lipinski definition) is 1. The van der Waals surface area contributed by atoms with Gasteiger partial charge in [-0.05, 0) is 19.1 Å². The topological polar surface area (TPSA) is 12.4 Å². The van der Waals surface area contributed by atoms with Crippen molar-refractivity contribution < 1.29 is 0 Å². The minimum absolute atomic E-state index is 0.977. The fourth-order valence-corrected chi connectivity index (χ4v) is 0.680. The molecule has 1 fully saturated rings. The van der Waals surface area contributed by atoms with Gasteiger partial charge in [0, 0.05) is 6.54 Å². The van der Waals surface area contributed by atoms with Gasteiger partial charge < -0.3 is 4.99 Å². The molecule has 1 saturated carbocycles. The van der Waals surface area contributed by atoms with Crippen LogP contribution in [0.2, 0.25) is 0 Å². The normalized spacial score (nSPS) is 19.4. The lowest BCUT2D eigenvalue weighted by Crippen LogP contribution is -1.79. The average Bonchev–Trinajstić information content (AvgIpc) is 2.42. The molecule has 40 valence electrons. The molecule has 0 aromatic heterocycles. The van der Waals surface area contributed by atoms with Gasteiger partial charge >= 0.3 is 0 Å². The Balaban J connectivity index is 1.88. The first-order valence-electron chi connectivity index (χ1n) is 2.86. The maximum atomic E-state index is 3.77. The third-order valence-corrected chi connectivity index (χ3v) is 1.39. The summed E-state index contributed by atoms with van der Waals surface area (Å²) < 4.78 is 0. The average molecular weight is 97.2 g/mol. The Kier molecular flexibility index (Phi) is 1.45.